The third-order valence-corrected chi connectivity index (χ3v) is 4.62. The van der Waals surface area contributed by atoms with E-state index in [1.165, 1.54) is 5.56 Å². The Morgan fingerprint density at radius 3 is 2.96 bits per heavy atom. The number of amides is 1. The van der Waals surface area contributed by atoms with E-state index < -0.39 is 0 Å². The number of benzene rings is 1. The molecular formula is C21H28N4O3. The van der Waals surface area contributed by atoms with Crippen LogP contribution in [0.25, 0.3) is 0 Å². The summed E-state index contributed by atoms with van der Waals surface area (Å²) in [6.07, 6.45) is 4.49. The van der Waals surface area contributed by atoms with Crippen LogP contribution in [0.4, 0.5) is 5.69 Å². The zero-order valence-corrected chi connectivity index (χ0v) is 16.3. The number of fused-ring (bicyclic) bond motifs is 1. The predicted molar refractivity (Wildman–Crippen MR) is 109 cm³/mol. The van der Waals surface area contributed by atoms with Gasteiger partial charge in [0.1, 0.15) is 12.4 Å². The van der Waals surface area contributed by atoms with Crippen molar-refractivity contribution in [2.45, 2.75) is 25.9 Å². The van der Waals surface area contributed by atoms with Gasteiger partial charge in [-0.3, -0.25) is 9.79 Å². The van der Waals surface area contributed by atoms with Crippen LogP contribution in [0.15, 0.2) is 52.1 Å². The fourth-order valence-corrected chi connectivity index (χ4v) is 3.22. The number of aliphatic imine (C=N–C) groups is 1. The molecule has 0 unspecified atom stereocenters. The molecular weight excluding hydrogens is 356 g/mol. The minimum absolute atomic E-state index is 0.0527. The third kappa shape index (κ3) is 5.60. The standard InChI is InChI=1S/C21H28N4O3/c1-22-21(23-11-6-13-27-16-18-9-5-14-28-18)24-15-20(26)25-12-4-8-17-7-2-3-10-19(17)25/h2-3,5,7,9-10,14H,4,6,8,11-13,15-16H2,1H3,(H2,22,23,24). The summed E-state index contributed by atoms with van der Waals surface area (Å²) >= 11 is 0. The van der Waals surface area contributed by atoms with Gasteiger partial charge >= 0.3 is 0 Å². The number of carbonyl (C=O) groups excluding carboxylic acids is 1. The monoisotopic (exact) mass is 384 g/mol. The molecule has 7 heteroatoms. The number of hydrogen-bond acceptors (Lipinski definition) is 4. The number of anilines is 1. The van der Waals surface area contributed by atoms with Gasteiger partial charge in [-0.25, -0.2) is 0 Å². The first-order valence-corrected chi connectivity index (χ1v) is 9.71. The van der Waals surface area contributed by atoms with E-state index in [1.54, 1.807) is 13.3 Å². The maximum absolute atomic E-state index is 12.7. The average molecular weight is 384 g/mol. The van der Waals surface area contributed by atoms with Gasteiger partial charge in [0, 0.05) is 32.4 Å². The van der Waals surface area contributed by atoms with Crippen LogP contribution >= 0.6 is 0 Å². The summed E-state index contributed by atoms with van der Waals surface area (Å²) in [6, 6.07) is 11.8. The second-order valence-electron chi connectivity index (χ2n) is 6.62. The first kappa shape index (κ1) is 19.9. The molecule has 1 aromatic carbocycles. The number of furan rings is 1. The van der Waals surface area contributed by atoms with E-state index in [0.29, 0.717) is 25.7 Å². The Kier molecular flexibility index (Phi) is 7.49. The molecule has 1 aliphatic rings. The Balaban J connectivity index is 1.35. The molecule has 2 N–H and O–H groups in total. The molecule has 2 aromatic rings. The van der Waals surface area contributed by atoms with E-state index in [-0.39, 0.29) is 12.5 Å². The fraction of sp³-hybridized carbons (Fsp3) is 0.429. The number of ether oxygens (including phenoxy) is 1. The van der Waals surface area contributed by atoms with Gasteiger partial charge in [0.05, 0.1) is 12.8 Å². The van der Waals surface area contributed by atoms with Crippen LogP contribution in [0, 0.1) is 0 Å². The smallest absolute Gasteiger partial charge is 0.246 e. The summed E-state index contributed by atoms with van der Waals surface area (Å²) in [7, 11) is 1.70. The minimum atomic E-state index is 0.0527. The molecule has 1 aromatic heterocycles. The second kappa shape index (κ2) is 10.5. The summed E-state index contributed by atoms with van der Waals surface area (Å²) < 4.78 is 10.8. The van der Waals surface area contributed by atoms with Crippen LogP contribution in [0.3, 0.4) is 0 Å². The van der Waals surface area contributed by atoms with Crippen molar-refractivity contribution in [1.82, 2.24) is 10.6 Å². The zero-order chi connectivity index (χ0) is 19.6. The van der Waals surface area contributed by atoms with Crippen LogP contribution in [-0.4, -0.2) is 45.2 Å². The van der Waals surface area contributed by atoms with E-state index >= 15 is 0 Å². The van der Waals surface area contributed by atoms with Gasteiger partial charge in [0.2, 0.25) is 5.91 Å². The molecule has 3 rings (SSSR count). The molecule has 2 heterocycles. The molecule has 0 saturated heterocycles. The molecule has 1 aliphatic heterocycles. The number of nitrogens with zero attached hydrogens (tertiary/aromatic N) is 2. The lowest BCUT2D eigenvalue weighted by molar-refractivity contribution is -0.117. The van der Waals surface area contributed by atoms with Crippen molar-refractivity contribution < 1.29 is 13.9 Å². The SMILES string of the molecule is CN=C(NCCCOCc1ccco1)NCC(=O)N1CCCc2ccccc21. The second-order valence-corrected chi connectivity index (χ2v) is 6.62. The molecule has 0 aliphatic carbocycles. The molecule has 0 fully saturated rings. The first-order chi connectivity index (χ1) is 13.8. The molecule has 0 atom stereocenters. The number of rotatable bonds is 8. The maximum Gasteiger partial charge on any atom is 0.246 e. The maximum atomic E-state index is 12.7. The highest BCUT2D eigenvalue weighted by atomic mass is 16.5. The third-order valence-electron chi connectivity index (χ3n) is 4.62. The summed E-state index contributed by atoms with van der Waals surface area (Å²) in [6.45, 7) is 2.78. The summed E-state index contributed by atoms with van der Waals surface area (Å²) in [5, 5.41) is 6.31. The van der Waals surface area contributed by atoms with Gasteiger partial charge in [-0.2, -0.15) is 0 Å². The topological polar surface area (TPSA) is 79.1 Å². The molecule has 0 spiro atoms. The van der Waals surface area contributed by atoms with Crippen molar-refractivity contribution in [3.8, 4) is 0 Å². The molecule has 28 heavy (non-hydrogen) atoms. The highest BCUT2D eigenvalue weighted by Gasteiger charge is 2.21. The number of guanidine groups is 1. The van der Waals surface area contributed by atoms with E-state index in [2.05, 4.69) is 21.7 Å². The lowest BCUT2D eigenvalue weighted by Crippen LogP contribution is -2.46. The first-order valence-electron chi connectivity index (χ1n) is 9.71. The highest BCUT2D eigenvalue weighted by Crippen LogP contribution is 2.26. The summed E-state index contributed by atoms with van der Waals surface area (Å²) in [5.74, 6) is 1.49. The van der Waals surface area contributed by atoms with Crippen molar-refractivity contribution in [2.75, 3.05) is 38.2 Å². The van der Waals surface area contributed by atoms with E-state index in [1.807, 2.05) is 35.2 Å². The Morgan fingerprint density at radius 1 is 1.25 bits per heavy atom. The molecule has 150 valence electrons. The van der Waals surface area contributed by atoms with Crippen molar-refractivity contribution >= 4 is 17.6 Å². The van der Waals surface area contributed by atoms with Gasteiger partial charge in [-0.15, -0.1) is 0 Å². The number of hydrogen-bond donors (Lipinski definition) is 2. The molecule has 0 radical (unpaired) electrons. The Bertz CT molecular complexity index is 774. The van der Waals surface area contributed by atoms with Gasteiger partial charge < -0.3 is 24.7 Å². The minimum Gasteiger partial charge on any atom is -0.467 e. The van der Waals surface area contributed by atoms with Crippen LogP contribution in [0.5, 0.6) is 0 Å². The van der Waals surface area contributed by atoms with Crippen molar-refractivity contribution in [1.29, 1.82) is 0 Å². The summed E-state index contributed by atoms with van der Waals surface area (Å²) in [5.41, 5.74) is 2.26. The number of carbonyl (C=O) groups is 1. The highest BCUT2D eigenvalue weighted by molar-refractivity contribution is 5.98. The Morgan fingerprint density at radius 2 is 2.14 bits per heavy atom. The molecule has 0 bridgehead atoms. The predicted octanol–water partition coefficient (Wildman–Crippen LogP) is 2.33. The Hall–Kier alpha value is -2.80. The normalized spacial score (nSPS) is 13.9. The van der Waals surface area contributed by atoms with Crippen molar-refractivity contribution in [3.05, 3.63) is 54.0 Å². The summed E-state index contributed by atoms with van der Waals surface area (Å²) in [4.78, 5) is 18.7. The lowest BCUT2D eigenvalue weighted by atomic mass is 10.0. The Labute approximate surface area is 165 Å². The van der Waals surface area contributed by atoms with Gasteiger partial charge in [-0.1, -0.05) is 18.2 Å². The van der Waals surface area contributed by atoms with E-state index in [9.17, 15) is 4.79 Å². The number of nitrogens with one attached hydrogen (secondary N) is 2. The molecule has 0 saturated carbocycles. The van der Waals surface area contributed by atoms with Crippen LogP contribution in [0.1, 0.15) is 24.2 Å². The van der Waals surface area contributed by atoms with E-state index in [4.69, 9.17) is 9.15 Å². The van der Waals surface area contributed by atoms with Crippen molar-refractivity contribution in [3.63, 3.8) is 0 Å². The largest absolute Gasteiger partial charge is 0.467 e. The van der Waals surface area contributed by atoms with Crippen LogP contribution in [-0.2, 0) is 22.6 Å². The molecule has 7 nitrogen and oxygen atoms in total. The zero-order valence-electron chi connectivity index (χ0n) is 16.3. The number of aryl methyl sites for hydroxylation is 1. The molecule has 1 amide bonds. The quantitative estimate of drug-likeness (QED) is 0.415. The fourth-order valence-electron chi connectivity index (χ4n) is 3.22. The van der Waals surface area contributed by atoms with Crippen LogP contribution < -0.4 is 15.5 Å². The van der Waals surface area contributed by atoms with E-state index in [0.717, 1.165) is 37.3 Å². The van der Waals surface area contributed by atoms with Gasteiger partial charge in [0.15, 0.2) is 5.96 Å². The van der Waals surface area contributed by atoms with Crippen molar-refractivity contribution in [2.24, 2.45) is 4.99 Å². The number of para-hydroxylation sites is 1. The van der Waals surface area contributed by atoms with Gasteiger partial charge in [0.25, 0.3) is 0 Å². The van der Waals surface area contributed by atoms with Gasteiger partial charge in [-0.05, 0) is 43.0 Å². The average Bonchev–Trinajstić information content (AvgIpc) is 3.25. The lowest BCUT2D eigenvalue weighted by Gasteiger charge is -2.29. The van der Waals surface area contributed by atoms with Crippen LogP contribution in [0.2, 0.25) is 0 Å².